The van der Waals surface area contributed by atoms with E-state index in [1.54, 1.807) is 0 Å². The molecular formula is C17H30O4. The molecule has 0 spiro atoms. The van der Waals surface area contributed by atoms with Gasteiger partial charge in [0.05, 0.1) is 6.61 Å². The second-order valence-electron chi connectivity index (χ2n) is 5.92. The molecule has 122 valence electrons. The van der Waals surface area contributed by atoms with E-state index < -0.39 is 11.9 Å². The van der Waals surface area contributed by atoms with E-state index >= 15 is 0 Å². The molecule has 0 radical (unpaired) electrons. The smallest absolute Gasteiger partial charge is 0.417 e. The summed E-state index contributed by atoms with van der Waals surface area (Å²) in [5.74, 6) is -1.64. The minimum Gasteiger partial charge on any atom is -0.457 e. The number of esters is 2. The molecule has 1 rings (SSSR count). The van der Waals surface area contributed by atoms with Crippen molar-refractivity contribution in [1.29, 1.82) is 0 Å². The second-order valence-corrected chi connectivity index (χ2v) is 5.92. The van der Waals surface area contributed by atoms with Crippen LogP contribution in [-0.4, -0.2) is 24.6 Å². The van der Waals surface area contributed by atoms with Gasteiger partial charge in [0, 0.05) is 0 Å². The van der Waals surface area contributed by atoms with Crippen LogP contribution in [0.15, 0.2) is 0 Å². The molecule has 4 heteroatoms. The summed E-state index contributed by atoms with van der Waals surface area (Å²) in [7, 11) is 0. The Balaban J connectivity index is 1.98. The Hall–Kier alpha value is -1.06. The lowest BCUT2D eigenvalue weighted by Crippen LogP contribution is -2.27. The first-order valence-corrected chi connectivity index (χ1v) is 8.61. The Kier molecular flexibility index (Phi) is 9.92. The fourth-order valence-electron chi connectivity index (χ4n) is 2.67. The third-order valence-electron chi connectivity index (χ3n) is 3.97. The van der Waals surface area contributed by atoms with Crippen LogP contribution in [0.1, 0.15) is 84.0 Å². The summed E-state index contributed by atoms with van der Waals surface area (Å²) in [6.07, 6.45) is 13.1. The van der Waals surface area contributed by atoms with Crippen LogP contribution in [-0.2, 0) is 19.1 Å². The molecule has 4 nitrogen and oxygen atoms in total. The van der Waals surface area contributed by atoms with Crippen LogP contribution in [0.25, 0.3) is 0 Å². The molecule has 0 aromatic rings. The van der Waals surface area contributed by atoms with Crippen molar-refractivity contribution in [3.63, 3.8) is 0 Å². The molecule has 0 amide bonds. The number of ether oxygens (including phenoxy) is 2. The highest BCUT2D eigenvalue weighted by Gasteiger charge is 2.23. The highest BCUT2D eigenvalue weighted by Crippen LogP contribution is 2.20. The molecule has 1 saturated carbocycles. The number of carbonyl (C=O) groups is 2. The maximum atomic E-state index is 11.6. The minimum absolute atomic E-state index is 0.0858. The maximum absolute atomic E-state index is 11.6. The van der Waals surface area contributed by atoms with Gasteiger partial charge in [-0.25, -0.2) is 9.59 Å². The molecule has 0 N–H and O–H groups in total. The Morgan fingerprint density at radius 1 is 0.857 bits per heavy atom. The Labute approximate surface area is 128 Å². The average Bonchev–Trinajstić information content (AvgIpc) is 2.50. The number of unbranched alkanes of at least 4 members (excludes halogenated alkanes) is 6. The summed E-state index contributed by atoms with van der Waals surface area (Å²) >= 11 is 0. The number of rotatable bonds is 9. The number of carbonyl (C=O) groups excluding carboxylic acids is 2. The molecule has 0 saturated heterocycles. The van der Waals surface area contributed by atoms with Gasteiger partial charge in [0.2, 0.25) is 0 Å². The largest absolute Gasteiger partial charge is 0.457 e. The van der Waals surface area contributed by atoms with Crippen LogP contribution in [0.3, 0.4) is 0 Å². The third kappa shape index (κ3) is 8.74. The van der Waals surface area contributed by atoms with Gasteiger partial charge in [-0.3, -0.25) is 0 Å². The van der Waals surface area contributed by atoms with E-state index in [2.05, 4.69) is 6.92 Å². The van der Waals surface area contributed by atoms with E-state index in [1.165, 1.54) is 38.5 Å². The molecule has 0 unspecified atom stereocenters. The Bertz CT molecular complexity index is 295. The summed E-state index contributed by atoms with van der Waals surface area (Å²) in [6.45, 7) is 2.53. The van der Waals surface area contributed by atoms with Crippen LogP contribution in [0.5, 0.6) is 0 Å². The fourth-order valence-corrected chi connectivity index (χ4v) is 2.67. The molecule has 0 bridgehead atoms. The van der Waals surface area contributed by atoms with Gasteiger partial charge in [-0.05, 0) is 32.1 Å². The number of hydrogen-bond donors (Lipinski definition) is 0. The van der Waals surface area contributed by atoms with Crippen LogP contribution in [0.2, 0.25) is 0 Å². The van der Waals surface area contributed by atoms with E-state index in [-0.39, 0.29) is 6.10 Å². The van der Waals surface area contributed by atoms with Gasteiger partial charge in [0.25, 0.3) is 0 Å². The second kappa shape index (κ2) is 11.6. The van der Waals surface area contributed by atoms with E-state index in [0.717, 1.165) is 38.5 Å². The van der Waals surface area contributed by atoms with Crippen molar-refractivity contribution >= 4 is 11.9 Å². The van der Waals surface area contributed by atoms with E-state index in [0.29, 0.717) is 6.61 Å². The first-order valence-electron chi connectivity index (χ1n) is 8.61. The first kappa shape index (κ1) is 18.0. The van der Waals surface area contributed by atoms with E-state index in [1.807, 2.05) is 0 Å². The van der Waals surface area contributed by atoms with Gasteiger partial charge in [0.15, 0.2) is 0 Å². The number of hydrogen-bond acceptors (Lipinski definition) is 4. The quantitative estimate of drug-likeness (QED) is 0.364. The zero-order chi connectivity index (χ0) is 15.3. The summed E-state index contributed by atoms with van der Waals surface area (Å²) < 4.78 is 10.1. The summed E-state index contributed by atoms with van der Waals surface area (Å²) in [6, 6.07) is 0. The molecule has 1 aliphatic rings. The molecule has 0 aliphatic heterocycles. The molecule has 0 aromatic heterocycles. The Morgan fingerprint density at radius 2 is 1.48 bits per heavy atom. The normalized spacial score (nSPS) is 15.7. The molecule has 21 heavy (non-hydrogen) atoms. The molecular weight excluding hydrogens is 268 g/mol. The Morgan fingerprint density at radius 3 is 2.14 bits per heavy atom. The van der Waals surface area contributed by atoms with E-state index in [4.69, 9.17) is 9.47 Å². The highest BCUT2D eigenvalue weighted by molar-refractivity contribution is 6.29. The monoisotopic (exact) mass is 298 g/mol. The molecule has 1 aliphatic carbocycles. The average molecular weight is 298 g/mol. The topological polar surface area (TPSA) is 52.6 Å². The van der Waals surface area contributed by atoms with Crippen molar-refractivity contribution in [2.24, 2.45) is 0 Å². The van der Waals surface area contributed by atoms with Crippen LogP contribution in [0, 0.1) is 0 Å². The zero-order valence-electron chi connectivity index (χ0n) is 13.4. The lowest BCUT2D eigenvalue weighted by atomic mass is 9.98. The maximum Gasteiger partial charge on any atom is 0.417 e. The van der Waals surface area contributed by atoms with Crippen molar-refractivity contribution < 1.29 is 19.1 Å². The van der Waals surface area contributed by atoms with Crippen LogP contribution in [0.4, 0.5) is 0 Å². The SMILES string of the molecule is CCCCCCCCCOC(=O)C(=O)OC1CCCCC1. The molecule has 0 aromatic carbocycles. The van der Waals surface area contributed by atoms with Crippen molar-refractivity contribution in [2.75, 3.05) is 6.61 Å². The van der Waals surface area contributed by atoms with Crippen LogP contribution >= 0.6 is 0 Å². The minimum atomic E-state index is -0.827. The lowest BCUT2D eigenvalue weighted by Gasteiger charge is -2.21. The van der Waals surface area contributed by atoms with E-state index in [9.17, 15) is 9.59 Å². The lowest BCUT2D eigenvalue weighted by molar-refractivity contribution is -0.171. The summed E-state index contributed by atoms with van der Waals surface area (Å²) in [5.41, 5.74) is 0. The predicted octanol–water partition coefficient (Wildman–Crippen LogP) is 4.16. The molecule has 0 heterocycles. The summed E-state index contributed by atoms with van der Waals surface area (Å²) in [4.78, 5) is 23.0. The predicted molar refractivity (Wildman–Crippen MR) is 81.9 cm³/mol. The van der Waals surface area contributed by atoms with Gasteiger partial charge in [-0.15, -0.1) is 0 Å². The van der Waals surface area contributed by atoms with Crippen molar-refractivity contribution in [1.82, 2.24) is 0 Å². The molecule has 0 atom stereocenters. The van der Waals surface area contributed by atoms with Gasteiger partial charge < -0.3 is 9.47 Å². The third-order valence-corrected chi connectivity index (χ3v) is 3.97. The zero-order valence-corrected chi connectivity index (χ0v) is 13.4. The van der Waals surface area contributed by atoms with Crippen molar-refractivity contribution in [3.8, 4) is 0 Å². The molecule has 1 fully saturated rings. The van der Waals surface area contributed by atoms with Gasteiger partial charge >= 0.3 is 11.9 Å². The van der Waals surface area contributed by atoms with Crippen molar-refractivity contribution in [2.45, 2.75) is 90.1 Å². The van der Waals surface area contributed by atoms with Gasteiger partial charge in [-0.2, -0.15) is 0 Å². The summed E-state index contributed by atoms with van der Waals surface area (Å²) in [5, 5.41) is 0. The van der Waals surface area contributed by atoms with Crippen molar-refractivity contribution in [3.05, 3.63) is 0 Å². The van der Waals surface area contributed by atoms with Gasteiger partial charge in [0.1, 0.15) is 6.10 Å². The fraction of sp³-hybridized carbons (Fsp3) is 0.882. The highest BCUT2D eigenvalue weighted by atomic mass is 16.6. The van der Waals surface area contributed by atoms with Gasteiger partial charge in [-0.1, -0.05) is 51.9 Å². The first-order chi connectivity index (χ1) is 10.2. The van der Waals surface area contributed by atoms with Crippen LogP contribution < -0.4 is 0 Å². The standard InChI is InChI=1S/C17H30O4/c1-2-3-4-5-6-7-11-14-20-16(18)17(19)21-15-12-9-8-10-13-15/h15H,2-14H2,1H3.